The number of hydrogen-bond acceptors (Lipinski definition) is 4. The van der Waals surface area contributed by atoms with Crippen molar-refractivity contribution in [2.75, 3.05) is 50.8 Å². The minimum Gasteiger partial charge on any atom is -0.486 e. The molecule has 1 saturated heterocycles. The molecular formula is C20H23N2O3+. The number of quaternary nitrogens is 1. The van der Waals surface area contributed by atoms with Gasteiger partial charge in [-0.3, -0.25) is 4.79 Å². The van der Waals surface area contributed by atoms with Gasteiger partial charge in [0.05, 0.1) is 26.2 Å². The van der Waals surface area contributed by atoms with Gasteiger partial charge in [-0.2, -0.15) is 0 Å². The van der Waals surface area contributed by atoms with Crippen molar-refractivity contribution in [3.8, 4) is 11.5 Å². The number of fused-ring (bicyclic) bond motifs is 1. The summed E-state index contributed by atoms with van der Waals surface area (Å²) in [6.07, 6.45) is 0. The zero-order valence-corrected chi connectivity index (χ0v) is 14.2. The van der Waals surface area contributed by atoms with Crippen molar-refractivity contribution >= 4 is 11.5 Å². The van der Waals surface area contributed by atoms with Crippen molar-refractivity contribution in [2.45, 2.75) is 0 Å². The summed E-state index contributed by atoms with van der Waals surface area (Å²) in [6, 6.07) is 16.0. The number of para-hydroxylation sites is 1. The van der Waals surface area contributed by atoms with Crippen LogP contribution in [0, 0.1) is 0 Å². The third kappa shape index (κ3) is 3.61. The van der Waals surface area contributed by atoms with Crippen LogP contribution in [-0.2, 0) is 0 Å². The second-order valence-electron chi connectivity index (χ2n) is 6.53. The number of benzene rings is 2. The first-order valence-electron chi connectivity index (χ1n) is 8.86. The minimum absolute atomic E-state index is 0.167. The summed E-state index contributed by atoms with van der Waals surface area (Å²) in [5.41, 5.74) is 1.97. The van der Waals surface area contributed by atoms with E-state index in [2.05, 4.69) is 29.2 Å². The number of ether oxygens (including phenoxy) is 2. The summed E-state index contributed by atoms with van der Waals surface area (Å²) < 4.78 is 11.1. The number of nitrogens with zero attached hydrogens (tertiary/aromatic N) is 1. The quantitative estimate of drug-likeness (QED) is 0.846. The molecule has 5 heteroatoms. The van der Waals surface area contributed by atoms with Crippen LogP contribution in [-0.4, -0.2) is 51.7 Å². The maximum atomic E-state index is 12.6. The summed E-state index contributed by atoms with van der Waals surface area (Å²) in [6.45, 7) is 5.55. The molecule has 0 atom stereocenters. The summed E-state index contributed by atoms with van der Waals surface area (Å²) in [7, 11) is 0. The maximum absolute atomic E-state index is 12.6. The van der Waals surface area contributed by atoms with Crippen LogP contribution in [0.25, 0.3) is 0 Å². The second-order valence-corrected chi connectivity index (χ2v) is 6.53. The zero-order valence-electron chi connectivity index (χ0n) is 14.2. The Labute approximate surface area is 147 Å². The first-order valence-corrected chi connectivity index (χ1v) is 8.86. The van der Waals surface area contributed by atoms with E-state index >= 15 is 0 Å². The van der Waals surface area contributed by atoms with Crippen LogP contribution in [0.3, 0.4) is 0 Å². The molecule has 2 heterocycles. The average molecular weight is 339 g/mol. The Morgan fingerprint density at radius 3 is 2.44 bits per heavy atom. The molecule has 2 aliphatic heterocycles. The number of piperazine rings is 1. The fraction of sp³-hybridized carbons (Fsp3) is 0.350. The van der Waals surface area contributed by atoms with E-state index in [1.54, 1.807) is 0 Å². The molecule has 2 aliphatic rings. The molecule has 0 unspecified atom stereocenters. The van der Waals surface area contributed by atoms with Gasteiger partial charge in [0.15, 0.2) is 11.5 Å². The number of carbonyl (C=O) groups excluding carboxylic acids is 1. The predicted octanol–water partition coefficient (Wildman–Crippen LogP) is 1.05. The Morgan fingerprint density at radius 2 is 1.68 bits per heavy atom. The van der Waals surface area contributed by atoms with Crippen LogP contribution in [0.2, 0.25) is 0 Å². The predicted molar refractivity (Wildman–Crippen MR) is 96.0 cm³/mol. The van der Waals surface area contributed by atoms with Gasteiger partial charge in [-0.25, -0.2) is 0 Å². The Hall–Kier alpha value is -2.53. The molecule has 2 aromatic rings. The van der Waals surface area contributed by atoms with Gasteiger partial charge in [0.25, 0.3) is 0 Å². The molecule has 0 aromatic heterocycles. The van der Waals surface area contributed by atoms with Crippen LogP contribution < -0.4 is 19.3 Å². The molecule has 0 radical (unpaired) electrons. The van der Waals surface area contributed by atoms with E-state index in [0.717, 1.165) is 31.9 Å². The summed E-state index contributed by atoms with van der Waals surface area (Å²) in [5, 5.41) is 0. The van der Waals surface area contributed by atoms with Crippen molar-refractivity contribution < 1.29 is 19.2 Å². The number of ketones is 1. The molecule has 0 aliphatic carbocycles. The largest absolute Gasteiger partial charge is 0.486 e. The van der Waals surface area contributed by atoms with Crippen LogP contribution in [0.4, 0.5) is 5.69 Å². The molecule has 4 rings (SSSR count). The van der Waals surface area contributed by atoms with Crippen molar-refractivity contribution in [1.29, 1.82) is 0 Å². The number of Topliss-reactive ketones (excluding diaryl/α,β-unsaturated/α-hetero) is 1. The Balaban J connectivity index is 1.35. The summed E-state index contributed by atoms with van der Waals surface area (Å²) in [4.78, 5) is 16.3. The number of carbonyl (C=O) groups is 1. The van der Waals surface area contributed by atoms with Crippen molar-refractivity contribution in [3.63, 3.8) is 0 Å². The molecule has 130 valence electrons. The molecule has 25 heavy (non-hydrogen) atoms. The molecule has 5 nitrogen and oxygen atoms in total. The highest BCUT2D eigenvalue weighted by Crippen LogP contribution is 2.30. The SMILES string of the molecule is O=C(C[NH+]1CCN(c2ccccc2)CC1)c1ccc2c(c1)OCCO2. The topological polar surface area (TPSA) is 43.2 Å². The lowest BCUT2D eigenvalue weighted by atomic mass is 10.1. The molecule has 1 fully saturated rings. The van der Waals surface area contributed by atoms with Gasteiger partial charge in [-0.05, 0) is 30.3 Å². The number of hydrogen-bond donors (Lipinski definition) is 1. The van der Waals surface area contributed by atoms with Gasteiger partial charge < -0.3 is 19.3 Å². The minimum atomic E-state index is 0.167. The van der Waals surface area contributed by atoms with E-state index in [1.807, 2.05) is 24.3 Å². The number of nitrogens with one attached hydrogen (secondary N) is 1. The molecule has 0 amide bonds. The highest BCUT2D eigenvalue weighted by Gasteiger charge is 2.23. The normalized spacial score (nSPS) is 17.4. The van der Waals surface area contributed by atoms with Crippen molar-refractivity contribution in [1.82, 2.24) is 0 Å². The molecule has 0 spiro atoms. The van der Waals surface area contributed by atoms with Gasteiger partial charge in [0.1, 0.15) is 19.8 Å². The highest BCUT2D eigenvalue weighted by molar-refractivity contribution is 5.97. The molecule has 2 aromatic carbocycles. The van der Waals surface area contributed by atoms with Crippen LogP contribution in [0.1, 0.15) is 10.4 Å². The van der Waals surface area contributed by atoms with Gasteiger partial charge in [0.2, 0.25) is 5.78 Å². The van der Waals surface area contributed by atoms with Crippen molar-refractivity contribution in [2.24, 2.45) is 0 Å². The third-order valence-corrected chi connectivity index (χ3v) is 4.87. The maximum Gasteiger partial charge on any atom is 0.217 e. The lowest BCUT2D eigenvalue weighted by Crippen LogP contribution is -3.15. The van der Waals surface area contributed by atoms with E-state index in [-0.39, 0.29) is 5.78 Å². The van der Waals surface area contributed by atoms with Crippen LogP contribution in [0.15, 0.2) is 48.5 Å². The molecule has 0 saturated carbocycles. The first kappa shape index (κ1) is 16.0. The van der Waals surface area contributed by atoms with Crippen LogP contribution >= 0.6 is 0 Å². The van der Waals surface area contributed by atoms with E-state index in [0.29, 0.717) is 31.1 Å². The number of anilines is 1. The number of rotatable bonds is 4. The van der Waals surface area contributed by atoms with E-state index in [1.165, 1.54) is 10.6 Å². The molecule has 0 bridgehead atoms. The average Bonchev–Trinajstić information content (AvgIpc) is 2.69. The standard InChI is InChI=1S/C20H22N2O3/c23-18(16-6-7-19-20(14-16)25-13-12-24-19)15-21-8-10-22(11-9-21)17-4-2-1-3-5-17/h1-7,14H,8-13,15H2/p+1. The van der Waals surface area contributed by atoms with Crippen molar-refractivity contribution in [3.05, 3.63) is 54.1 Å². The fourth-order valence-electron chi connectivity index (χ4n) is 3.44. The second kappa shape index (κ2) is 7.15. The Morgan fingerprint density at radius 1 is 0.960 bits per heavy atom. The van der Waals surface area contributed by atoms with E-state index in [4.69, 9.17) is 9.47 Å². The van der Waals surface area contributed by atoms with Gasteiger partial charge in [-0.1, -0.05) is 18.2 Å². The summed E-state index contributed by atoms with van der Waals surface area (Å²) in [5.74, 6) is 1.58. The smallest absolute Gasteiger partial charge is 0.217 e. The zero-order chi connectivity index (χ0) is 17.1. The summed E-state index contributed by atoms with van der Waals surface area (Å²) >= 11 is 0. The van der Waals surface area contributed by atoms with E-state index < -0.39 is 0 Å². The third-order valence-electron chi connectivity index (χ3n) is 4.87. The monoisotopic (exact) mass is 339 g/mol. The highest BCUT2D eigenvalue weighted by atomic mass is 16.6. The molecule has 1 N–H and O–H groups in total. The Bertz CT molecular complexity index is 740. The van der Waals surface area contributed by atoms with Gasteiger partial charge >= 0.3 is 0 Å². The lowest BCUT2D eigenvalue weighted by Gasteiger charge is -2.33. The lowest BCUT2D eigenvalue weighted by molar-refractivity contribution is -0.892. The van der Waals surface area contributed by atoms with E-state index in [9.17, 15) is 4.79 Å². The van der Waals surface area contributed by atoms with Gasteiger partial charge in [0, 0.05) is 11.3 Å². The van der Waals surface area contributed by atoms with Crippen LogP contribution in [0.5, 0.6) is 11.5 Å². The fourth-order valence-corrected chi connectivity index (χ4v) is 3.44. The first-order chi connectivity index (χ1) is 12.3. The molecular weight excluding hydrogens is 316 g/mol. The Kier molecular flexibility index (Phi) is 4.57. The van der Waals surface area contributed by atoms with Gasteiger partial charge in [-0.15, -0.1) is 0 Å².